The zero-order valence-electron chi connectivity index (χ0n) is 8.27. The lowest BCUT2D eigenvalue weighted by atomic mass is 10.2. The van der Waals surface area contributed by atoms with Gasteiger partial charge in [0.25, 0.3) is 0 Å². The van der Waals surface area contributed by atoms with Crippen LogP contribution in [0.3, 0.4) is 0 Å². The summed E-state index contributed by atoms with van der Waals surface area (Å²) in [4.78, 5) is 2.50. The molecule has 0 aliphatic carbocycles. The molecule has 0 rings (SSSR count). The van der Waals surface area contributed by atoms with E-state index in [-0.39, 0.29) is 0 Å². The van der Waals surface area contributed by atoms with E-state index in [9.17, 15) is 0 Å². The van der Waals surface area contributed by atoms with Crippen LogP contribution in [-0.2, 0) is 0 Å². The smallest absolute Gasteiger partial charge is 0.00385 e. The molecule has 0 aromatic heterocycles. The maximum absolute atomic E-state index is 3.87. The van der Waals surface area contributed by atoms with Gasteiger partial charge in [-0.1, -0.05) is 20.3 Å². The highest BCUT2D eigenvalue weighted by Crippen LogP contribution is 2.01. The number of unbranched alkanes of at least 4 members (excludes halogenated alkanes) is 1. The first-order chi connectivity index (χ1) is 5.22. The number of rotatable bonds is 6. The molecule has 1 radical (unpaired) electrons. The first kappa shape index (κ1) is 11.0. The molecule has 0 heterocycles. The van der Waals surface area contributed by atoms with Crippen LogP contribution in [0, 0.1) is 6.92 Å². The van der Waals surface area contributed by atoms with Gasteiger partial charge in [-0.15, -0.1) is 0 Å². The molecule has 0 N–H and O–H groups in total. The molecule has 0 aromatic carbocycles. The molecule has 11 heavy (non-hydrogen) atoms. The van der Waals surface area contributed by atoms with Crippen LogP contribution in [0.15, 0.2) is 0 Å². The predicted molar refractivity (Wildman–Crippen MR) is 51.6 cm³/mol. The van der Waals surface area contributed by atoms with Crippen molar-refractivity contribution in [2.45, 2.75) is 46.1 Å². The summed E-state index contributed by atoms with van der Waals surface area (Å²) in [5, 5.41) is 0. The second kappa shape index (κ2) is 6.66. The third kappa shape index (κ3) is 5.25. The highest BCUT2D eigenvalue weighted by molar-refractivity contribution is 4.62. The largest absolute Gasteiger partial charge is 0.301 e. The van der Waals surface area contributed by atoms with E-state index in [1.54, 1.807) is 0 Å². The molecular weight excluding hydrogens is 134 g/mol. The molecule has 0 bridgehead atoms. The first-order valence-corrected chi connectivity index (χ1v) is 4.75. The molecule has 0 aromatic rings. The fourth-order valence-electron chi connectivity index (χ4n) is 1.19. The molecule has 0 saturated heterocycles. The zero-order chi connectivity index (χ0) is 8.69. The molecule has 67 valence electrons. The van der Waals surface area contributed by atoms with Crippen LogP contribution in [0.5, 0.6) is 0 Å². The fourth-order valence-corrected chi connectivity index (χ4v) is 1.19. The van der Waals surface area contributed by atoms with Gasteiger partial charge >= 0.3 is 0 Å². The zero-order valence-corrected chi connectivity index (χ0v) is 8.27. The maximum Gasteiger partial charge on any atom is 0.00385 e. The average molecular weight is 156 g/mol. The minimum absolute atomic E-state index is 0.684. The normalized spacial score (nSPS) is 11.5. The number of hydrogen-bond acceptors (Lipinski definition) is 1. The minimum Gasteiger partial charge on any atom is -0.301 e. The lowest BCUT2D eigenvalue weighted by molar-refractivity contribution is 0.222. The molecule has 1 nitrogen and oxygen atoms in total. The van der Waals surface area contributed by atoms with Crippen molar-refractivity contribution in [2.24, 2.45) is 0 Å². The van der Waals surface area contributed by atoms with Gasteiger partial charge in [0.15, 0.2) is 0 Å². The second-order valence-electron chi connectivity index (χ2n) is 3.34. The molecular formula is C10H22N. The quantitative estimate of drug-likeness (QED) is 0.571. The third-order valence-electron chi connectivity index (χ3n) is 1.97. The Hall–Kier alpha value is -0.0400. The molecule has 0 saturated carbocycles. The Kier molecular flexibility index (Phi) is 6.63. The summed E-state index contributed by atoms with van der Waals surface area (Å²) in [5.41, 5.74) is 0. The van der Waals surface area contributed by atoms with Crippen molar-refractivity contribution in [3.05, 3.63) is 6.92 Å². The lowest BCUT2D eigenvalue weighted by Gasteiger charge is -2.25. The molecule has 0 amide bonds. The highest BCUT2D eigenvalue weighted by atomic mass is 15.1. The summed E-state index contributed by atoms with van der Waals surface area (Å²) in [5.74, 6) is 0. The Morgan fingerprint density at radius 2 is 1.91 bits per heavy atom. The van der Waals surface area contributed by atoms with Crippen LogP contribution in [0.1, 0.15) is 40.0 Å². The summed E-state index contributed by atoms with van der Waals surface area (Å²) in [6.07, 6.45) is 3.64. The van der Waals surface area contributed by atoms with E-state index in [1.807, 2.05) is 0 Å². The molecule has 1 heteroatoms. The van der Waals surface area contributed by atoms with Crippen molar-refractivity contribution in [2.75, 3.05) is 13.1 Å². The van der Waals surface area contributed by atoms with Crippen molar-refractivity contribution in [1.29, 1.82) is 0 Å². The van der Waals surface area contributed by atoms with Crippen LogP contribution >= 0.6 is 0 Å². The van der Waals surface area contributed by atoms with Gasteiger partial charge in [0.2, 0.25) is 0 Å². The molecule has 0 fully saturated rings. The van der Waals surface area contributed by atoms with Gasteiger partial charge < -0.3 is 4.90 Å². The van der Waals surface area contributed by atoms with Crippen LogP contribution < -0.4 is 0 Å². The van der Waals surface area contributed by atoms with Gasteiger partial charge in [-0.3, -0.25) is 0 Å². The van der Waals surface area contributed by atoms with E-state index in [1.165, 1.54) is 19.4 Å². The predicted octanol–water partition coefficient (Wildman–Crippen LogP) is 2.72. The number of nitrogens with zero attached hydrogens (tertiary/aromatic N) is 1. The average Bonchev–Trinajstić information content (AvgIpc) is 1.97. The van der Waals surface area contributed by atoms with E-state index in [4.69, 9.17) is 0 Å². The van der Waals surface area contributed by atoms with Gasteiger partial charge in [-0.2, -0.15) is 0 Å². The minimum atomic E-state index is 0.684. The highest BCUT2D eigenvalue weighted by Gasteiger charge is 2.05. The van der Waals surface area contributed by atoms with E-state index in [2.05, 4.69) is 32.6 Å². The molecule has 0 aliphatic heterocycles. The SMILES string of the molecule is [CH2]CCN(CCCC)C(C)C. The van der Waals surface area contributed by atoms with Crippen molar-refractivity contribution < 1.29 is 0 Å². The summed E-state index contributed by atoms with van der Waals surface area (Å²) in [7, 11) is 0. The van der Waals surface area contributed by atoms with E-state index < -0.39 is 0 Å². The Bertz CT molecular complexity index is 78.9. The summed E-state index contributed by atoms with van der Waals surface area (Å²) in [6, 6.07) is 0.684. The monoisotopic (exact) mass is 156 g/mol. The van der Waals surface area contributed by atoms with Crippen LogP contribution in [0.2, 0.25) is 0 Å². The third-order valence-corrected chi connectivity index (χ3v) is 1.97. The van der Waals surface area contributed by atoms with E-state index in [0.717, 1.165) is 13.0 Å². The Morgan fingerprint density at radius 1 is 1.27 bits per heavy atom. The second-order valence-corrected chi connectivity index (χ2v) is 3.34. The van der Waals surface area contributed by atoms with E-state index in [0.29, 0.717) is 6.04 Å². The number of hydrogen-bond donors (Lipinski definition) is 0. The van der Waals surface area contributed by atoms with Gasteiger partial charge in [0.1, 0.15) is 0 Å². The Balaban J connectivity index is 3.51. The topological polar surface area (TPSA) is 3.24 Å². The van der Waals surface area contributed by atoms with Crippen molar-refractivity contribution in [3.63, 3.8) is 0 Å². The first-order valence-electron chi connectivity index (χ1n) is 4.75. The van der Waals surface area contributed by atoms with E-state index >= 15 is 0 Å². The van der Waals surface area contributed by atoms with Gasteiger partial charge in [0.05, 0.1) is 0 Å². The van der Waals surface area contributed by atoms with Gasteiger partial charge in [-0.05, 0) is 39.8 Å². The lowest BCUT2D eigenvalue weighted by Crippen LogP contribution is -2.32. The van der Waals surface area contributed by atoms with Crippen molar-refractivity contribution >= 4 is 0 Å². The molecule has 0 aliphatic rings. The summed E-state index contributed by atoms with van der Waals surface area (Å²) >= 11 is 0. The summed E-state index contributed by atoms with van der Waals surface area (Å²) < 4.78 is 0. The van der Waals surface area contributed by atoms with Crippen LogP contribution in [-0.4, -0.2) is 24.0 Å². The van der Waals surface area contributed by atoms with Gasteiger partial charge in [-0.25, -0.2) is 0 Å². The maximum atomic E-state index is 3.87. The Morgan fingerprint density at radius 3 is 2.27 bits per heavy atom. The van der Waals surface area contributed by atoms with Gasteiger partial charge in [0, 0.05) is 6.04 Å². The van der Waals surface area contributed by atoms with Crippen molar-refractivity contribution in [3.8, 4) is 0 Å². The van der Waals surface area contributed by atoms with Crippen LogP contribution in [0.25, 0.3) is 0 Å². The molecule has 0 spiro atoms. The fraction of sp³-hybridized carbons (Fsp3) is 0.900. The standard InChI is InChI=1S/C10H22N/c1-5-7-9-11(8-6-2)10(3)4/h10H,2,5-9H2,1,3-4H3. The van der Waals surface area contributed by atoms with Crippen molar-refractivity contribution in [1.82, 2.24) is 4.90 Å². The summed E-state index contributed by atoms with van der Waals surface area (Å²) in [6.45, 7) is 13.0. The van der Waals surface area contributed by atoms with Crippen LogP contribution in [0.4, 0.5) is 0 Å². The Labute approximate surface area is 71.8 Å². The molecule has 0 unspecified atom stereocenters. The molecule has 0 atom stereocenters.